The van der Waals surface area contributed by atoms with Crippen molar-refractivity contribution in [1.29, 1.82) is 0 Å². The molecule has 98 valence electrons. The van der Waals surface area contributed by atoms with Gasteiger partial charge in [-0.15, -0.1) is 0 Å². The lowest BCUT2D eigenvalue weighted by Crippen LogP contribution is -2.27. The van der Waals surface area contributed by atoms with E-state index in [4.69, 9.17) is 22.3 Å². The van der Waals surface area contributed by atoms with Crippen LogP contribution in [0.2, 0.25) is 5.02 Å². The maximum absolute atomic E-state index is 13.3. The van der Waals surface area contributed by atoms with Crippen molar-refractivity contribution in [1.82, 2.24) is 0 Å². The van der Waals surface area contributed by atoms with E-state index in [2.05, 4.69) is 0 Å². The van der Waals surface area contributed by atoms with Gasteiger partial charge in [0.05, 0.1) is 5.69 Å². The van der Waals surface area contributed by atoms with Crippen LogP contribution in [0, 0.1) is 5.82 Å². The summed E-state index contributed by atoms with van der Waals surface area (Å²) < 4.78 is 35.7. The van der Waals surface area contributed by atoms with E-state index >= 15 is 0 Å². The fraction of sp³-hybridized carbons (Fsp3) is 0.300. The van der Waals surface area contributed by atoms with E-state index in [1.54, 1.807) is 0 Å². The van der Waals surface area contributed by atoms with E-state index in [1.165, 1.54) is 12.1 Å². The molecule has 0 bridgehead atoms. The predicted molar refractivity (Wildman–Crippen MR) is 66.9 cm³/mol. The van der Waals surface area contributed by atoms with Crippen LogP contribution in [-0.2, 0) is 13.8 Å². The molecule has 1 amide bonds. The van der Waals surface area contributed by atoms with E-state index in [0.717, 1.165) is 11.0 Å². The topological polar surface area (TPSA) is 54.5 Å². The van der Waals surface area contributed by atoms with E-state index in [1.807, 2.05) is 0 Å². The Morgan fingerprint density at radius 3 is 2.61 bits per heavy atom. The van der Waals surface area contributed by atoms with Gasteiger partial charge in [0.15, 0.2) is 0 Å². The number of hydrogen-bond acceptors (Lipinski definition) is 3. The Morgan fingerprint density at radius 2 is 2.06 bits per heavy atom. The lowest BCUT2D eigenvalue weighted by molar-refractivity contribution is -0.117. The molecule has 0 saturated carbocycles. The Balaban J connectivity index is 2.36. The first-order valence-corrected chi connectivity index (χ1v) is 7.73. The smallest absolute Gasteiger partial charge is 0.237 e. The summed E-state index contributed by atoms with van der Waals surface area (Å²) in [7, 11) is 1.39. The summed E-state index contributed by atoms with van der Waals surface area (Å²) in [5.74, 6) is -1.11. The van der Waals surface area contributed by atoms with Crippen LogP contribution >= 0.6 is 22.3 Å². The second kappa shape index (κ2) is 4.68. The molecular weight excluding hydrogens is 304 g/mol. The van der Waals surface area contributed by atoms with Crippen LogP contribution in [0.4, 0.5) is 10.1 Å². The molecule has 1 heterocycles. The summed E-state index contributed by atoms with van der Waals surface area (Å²) >= 11 is 5.75. The molecule has 2 rings (SSSR count). The number of hydrogen-bond donors (Lipinski definition) is 0. The highest BCUT2D eigenvalue weighted by molar-refractivity contribution is 8.14. The molecule has 0 aliphatic carbocycles. The van der Waals surface area contributed by atoms with Crippen molar-refractivity contribution in [3.05, 3.63) is 29.0 Å². The third-order valence-corrected chi connectivity index (χ3v) is 4.95. The summed E-state index contributed by atoms with van der Waals surface area (Å²) in [5, 5.41) is -1.20. The number of benzene rings is 1. The molecule has 18 heavy (non-hydrogen) atoms. The highest BCUT2D eigenvalue weighted by Gasteiger charge is 2.38. The van der Waals surface area contributed by atoms with Gasteiger partial charge in [0, 0.05) is 23.6 Å². The number of rotatable bonds is 2. The molecule has 8 heteroatoms. The second-order valence-corrected chi connectivity index (χ2v) is 7.17. The molecule has 0 spiro atoms. The maximum atomic E-state index is 13.3. The van der Waals surface area contributed by atoms with Crippen molar-refractivity contribution in [3.63, 3.8) is 0 Å². The molecule has 1 aliphatic heterocycles. The van der Waals surface area contributed by atoms with Gasteiger partial charge >= 0.3 is 0 Å². The van der Waals surface area contributed by atoms with Crippen LogP contribution in [-0.4, -0.2) is 26.1 Å². The number of halogens is 3. The monoisotopic (exact) mass is 311 g/mol. The number of carbonyl (C=O) groups excluding carboxylic acids is 1. The van der Waals surface area contributed by atoms with Gasteiger partial charge < -0.3 is 4.90 Å². The summed E-state index contributed by atoms with van der Waals surface area (Å²) in [6, 6.07) is 4.00. The zero-order valence-electron chi connectivity index (χ0n) is 8.94. The lowest BCUT2D eigenvalue weighted by Gasteiger charge is -2.17. The van der Waals surface area contributed by atoms with E-state index in [9.17, 15) is 17.6 Å². The molecular formula is C10H8Cl2FNO3S. The number of nitrogens with zero attached hydrogens (tertiary/aromatic N) is 1. The van der Waals surface area contributed by atoms with Crippen molar-refractivity contribution < 1.29 is 17.6 Å². The second-order valence-electron chi connectivity index (χ2n) is 3.88. The molecule has 1 unspecified atom stereocenters. The van der Waals surface area contributed by atoms with Crippen LogP contribution in [0.15, 0.2) is 18.2 Å². The van der Waals surface area contributed by atoms with Crippen molar-refractivity contribution in [3.8, 4) is 0 Å². The van der Waals surface area contributed by atoms with Crippen molar-refractivity contribution >= 4 is 42.9 Å². The fourth-order valence-electron chi connectivity index (χ4n) is 1.80. The molecule has 1 saturated heterocycles. The van der Waals surface area contributed by atoms with Crippen LogP contribution in [0.1, 0.15) is 6.42 Å². The van der Waals surface area contributed by atoms with E-state index in [-0.39, 0.29) is 23.7 Å². The number of carbonyl (C=O) groups is 1. The molecule has 0 N–H and O–H groups in total. The van der Waals surface area contributed by atoms with Crippen LogP contribution in [0.25, 0.3) is 0 Å². The quantitative estimate of drug-likeness (QED) is 0.786. The molecule has 1 fully saturated rings. The van der Waals surface area contributed by atoms with E-state index in [0.29, 0.717) is 0 Å². The Hall–Kier alpha value is -0.850. The molecule has 0 aromatic heterocycles. The molecule has 1 aliphatic rings. The molecule has 0 radical (unpaired) electrons. The third kappa shape index (κ3) is 2.46. The standard InChI is InChI=1S/C10H8Cl2FNO3S/c11-10-7(13)2-1-3-8(10)14-5-6(4-9(14)15)18(12,16)17/h1-3,6H,4-5H2. The van der Waals surface area contributed by atoms with Gasteiger partial charge in [0.1, 0.15) is 16.1 Å². The Kier molecular flexibility index (Phi) is 3.53. The first-order chi connectivity index (χ1) is 8.30. The number of anilines is 1. The van der Waals surface area contributed by atoms with Crippen molar-refractivity contribution in [2.45, 2.75) is 11.7 Å². The fourth-order valence-corrected chi connectivity index (χ4v) is 3.05. The largest absolute Gasteiger partial charge is 0.309 e. The van der Waals surface area contributed by atoms with Crippen molar-refractivity contribution in [2.75, 3.05) is 11.4 Å². The maximum Gasteiger partial charge on any atom is 0.237 e. The van der Waals surface area contributed by atoms with Gasteiger partial charge in [-0.05, 0) is 12.1 Å². The molecule has 1 atom stereocenters. The van der Waals surface area contributed by atoms with Gasteiger partial charge in [-0.1, -0.05) is 17.7 Å². The van der Waals surface area contributed by atoms with Gasteiger partial charge in [-0.25, -0.2) is 12.8 Å². The third-order valence-electron chi connectivity index (χ3n) is 2.71. The first kappa shape index (κ1) is 13.6. The highest BCUT2D eigenvalue weighted by Crippen LogP contribution is 2.33. The SMILES string of the molecule is O=C1CC(S(=O)(=O)Cl)CN1c1cccc(F)c1Cl. The predicted octanol–water partition coefficient (Wildman–Crippen LogP) is 2.15. The zero-order chi connectivity index (χ0) is 13.5. The molecule has 4 nitrogen and oxygen atoms in total. The summed E-state index contributed by atoms with van der Waals surface area (Å²) in [4.78, 5) is 12.9. The molecule has 1 aromatic carbocycles. The molecule has 1 aromatic rings. The average Bonchev–Trinajstić information content (AvgIpc) is 2.64. The van der Waals surface area contributed by atoms with Gasteiger partial charge in [0.2, 0.25) is 15.0 Å². The normalized spacial score (nSPS) is 20.5. The van der Waals surface area contributed by atoms with Gasteiger partial charge in [0.25, 0.3) is 0 Å². The Labute approximate surface area is 113 Å². The van der Waals surface area contributed by atoms with Gasteiger partial charge in [-0.2, -0.15) is 0 Å². The minimum Gasteiger partial charge on any atom is -0.309 e. The van der Waals surface area contributed by atoms with Crippen LogP contribution < -0.4 is 4.90 Å². The average molecular weight is 312 g/mol. The zero-order valence-corrected chi connectivity index (χ0v) is 11.3. The Bertz CT molecular complexity index is 605. The number of amides is 1. The van der Waals surface area contributed by atoms with Crippen molar-refractivity contribution in [2.24, 2.45) is 0 Å². The summed E-state index contributed by atoms with van der Waals surface area (Å²) in [6.07, 6.45) is -0.224. The minimum atomic E-state index is -3.83. The minimum absolute atomic E-state index is 0.117. The highest BCUT2D eigenvalue weighted by atomic mass is 35.7. The Morgan fingerprint density at radius 1 is 1.39 bits per heavy atom. The summed E-state index contributed by atoms with van der Waals surface area (Å²) in [6.45, 7) is -0.117. The van der Waals surface area contributed by atoms with Gasteiger partial charge in [-0.3, -0.25) is 4.79 Å². The van der Waals surface area contributed by atoms with E-state index < -0.39 is 26.0 Å². The van der Waals surface area contributed by atoms with Crippen LogP contribution in [0.3, 0.4) is 0 Å². The lowest BCUT2D eigenvalue weighted by atomic mass is 10.3. The first-order valence-electron chi connectivity index (χ1n) is 4.98. The van der Waals surface area contributed by atoms with Crippen LogP contribution in [0.5, 0.6) is 0 Å². The summed E-state index contributed by atoms with van der Waals surface area (Å²) in [5.41, 5.74) is 0.157.